The molecule has 0 radical (unpaired) electrons. The zero-order valence-corrected chi connectivity index (χ0v) is 10.4. The summed E-state index contributed by atoms with van der Waals surface area (Å²) in [6, 6.07) is 7.67. The Balaban J connectivity index is 2.37. The summed E-state index contributed by atoms with van der Waals surface area (Å²) in [5.74, 6) is 0.563. The molecule has 0 saturated carbocycles. The van der Waals surface area contributed by atoms with E-state index in [9.17, 15) is 4.79 Å². The minimum Gasteiger partial charge on any atom is -0.497 e. The molecule has 1 aromatic rings. The molecule has 0 aliphatic heterocycles. The van der Waals surface area contributed by atoms with Crippen LogP contribution in [0, 0.1) is 0 Å². The molecule has 17 heavy (non-hydrogen) atoms. The minimum atomic E-state index is -0.290. The maximum Gasteiger partial charge on any atom is 0.234 e. The summed E-state index contributed by atoms with van der Waals surface area (Å²) in [6.07, 6.45) is 1.59. The molecule has 0 aliphatic carbocycles. The van der Waals surface area contributed by atoms with Crippen LogP contribution in [0.2, 0.25) is 0 Å². The highest BCUT2D eigenvalue weighted by Crippen LogP contribution is 2.11. The van der Waals surface area contributed by atoms with Gasteiger partial charge in [-0.05, 0) is 37.1 Å². The van der Waals surface area contributed by atoms with Crippen LogP contribution in [0.25, 0.3) is 0 Å². The standard InChI is InChI=1S/C13H20N2O2/c1-3-12(13(14)16)15-9-8-10-4-6-11(17-2)7-5-10/h4-7,12,15H,3,8-9H2,1-2H3,(H2,14,16). The summed E-state index contributed by atoms with van der Waals surface area (Å²) in [5, 5.41) is 3.14. The number of methoxy groups -OCH3 is 1. The Morgan fingerprint density at radius 2 is 2.06 bits per heavy atom. The van der Waals surface area contributed by atoms with Crippen molar-refractivity contribution in [2.45, 2.75) is 25.8 Å². The second-order valence-corrected chi connectivity index (χ2v) is 3.92. The van der Waals surface area contributed by atoms with Crippen LogP contribution in [0.1, 0.15) is 18.9 Å². The van der Waals surface area contributed by atoms with Crippen molar-refractivity contribution in [3.05, 3.63) is 29.8 Å². The Morgan fingerprint density at radius 3 is 2.53 bits per heavy atom. The number of nitrogens with two attached hydrogens (primary N) is 1. The summed E-state index contributed by atoms with van der Waals surface area (Å²) in [7, 11) is 1.65. The molecule has 1 atom stereocenters. The largest absolute Gasteiger partial charge is 0.497 e. The number of nitrogens with one attached hydrogen (secondary N) is 1. The van der Waals surface area contributed by atoms with Gasteiger partial charge < -0.3 is 15.8 Å². The van der Waals surface area contributed by atoms with Crippen molar-refractivity contribution in [1.82, 2.24) is 5.32 Å². The van der Waals surface area contributed by atoms with E-state index in [1.54, 1.807) is 7.11 Å². The van der Waals surface area contributed by atoms with Crippen LogP contribution < -0.4 is 15.8 Å². The fourth-order valence-electron chi connectivity index (χ4n) is 1.63. The molecule has 4 heteroatoms. The first-order valence-electron chi connectivity index (χ1n) is 5.83. The molecule has 4 nitrogen and oxygen atoms in total. The third-order valence-corrected chi connectivity index (χ3v) is 2.72. The van der Waals surface area contributed by atoms with Gasteiger partial charge in [-0.15, -0.1) is 0 Å². The van der Waals surface area contributed by atoms with Gasteiger partial charge in [-0.25, -0.2) is 0 Å². The van der Waals surface area contributed by atoms with Gasteiger partial charge in [-0.1, -0.05) is 19.1 Å². The number of rotatable bonds is 7. The van der Waals surface area contributed by atoms with Crippen molar-refractivity contribution in [3.63, 3.8) is 0 Å². The van der Waals surface area contributed by atoms with Crippen LogP contribution in [-0.4, -0.2) is 25.6 Å². The van der Waals surface area contributed by atoms with E-state index in [0.717, 1.165) is 25.1 Å². The van der Waals surface area contributed by atoms with Crippen LogP contribution in [0.5, 0.6) is 5.75 Å². The summed E-state index contributed by atoms with van der Waals surface area (Å²) < 4.78 is 5.08. The maximum absolute atomic E-state index is 11.0. The average Bonchev–Trinajstić information content (AvgIpc) is 2.35. The molecular weight excluding hydrogens is 216 g/mol. The smallest absolute Gasteiger partial charge is 0.234 e. The van der Waals surface area contributed by atoms with Gasteiger partial charge in [0.1, 0.15) is 5.75 Å². The van der Waals surface area contributed by atoms with Gasteiger partial charge in [0.2, 0.25) is 5.91 Å². The van der Waals surface area contributed by atoms with Crippen LogP contribution in [0.3, 0.4) is 0 Å². The third kappa shape index (κ3) is 4.44. The van der Waals surface area contributed by atoms with E-state index in [0.29, 0.717) is 0 Å². The molecule has 0 bridgehead atoms. The van der Waals surface area contributed by atoms with E-state index in [1.807, 2.05) is 31.2 Å². The third-order valence-electron chi connectivity index (χ3n) is 2.72. The normalized spacial score (nSPS) is 12.1. The molecule has 3 N–H and O–H groups in total. The number of amides is 1. The molecule has 0 aromatic heterocycles. The van der Waals surface area contributed by atoms with Crippen molar-refractivity contribution in [2.75, 3.05) is 13.7 Å². The van der Waals surface area contributed by atoms with Gasteiger partial charge in [0.15, 0.2) is 0 Å². The van der Waals surface area contributed by atoms with E-state index < -0.39 is 0 Å². The molecule has 0 aliphatic rings. The van der Waals surface area contributed by atoms with Crippen LogP contribution in [0.15, 0.2) is 24.3 Å². The van der Waals surface area contributed by atoms with Gasteiger partial charge in [0.05, 0.1) is 13.2 Å². The SMILES string of the molecule is CCC(NCCc1ccc(OC)cc1)C(N)=O. The number of hydrogen-bond donors (Lipinski definition) is 2. The minimum absolute atomic E-state index is 0.228. The molecular formula is C13H20N2O2. The van der Waals surface area contributed by atoms with E-state index in [4.69, 9.17) is 10.5 Å². The molecule has 1 rings (SSSR count). The van der Waals surface area contributed by atoms with Crippen molar-refractivity contribution >= 4 is 5.91 Å². The Kier molecular flexibility index (Phi) is 5.49. The molecule has 1 amide bonds. The van der Waals surface area contributed by atoms with Crippen LogP contribution >= 0.6 is 0 Å². The van der Waals surface area contributed by atoms with Crippen LogP contribution in [-0.2, 0) is 11.2 Å². The summed E-state index contributed by atoms with van der Waals surface area (Å²) >= 11 is 0. The monoisotopic (exact) mass is 236 g/mol. The topological polar surface area (TPSA) is 64.3 Å². The quantitative estimate of drug-likeness (QED) is 0.745. The summed E-state index contributed by atoms with van der Waals surface area (Å²) in [6.45, 7) is 2.68. The number of primary amides is 1. The maximum atomic E-state index is 11.0. The molecule has 1 unspecified atom stereocenters. The van der Waals surface area contributed by atoms with Crippen molar-refractivity contribution in [2.24, 2.45) is 5.73 Å². The highest BCUT2D eigenvalue weighted by molar-refractivity contribution is 5.79. The van der Waals surface area contributed by atoms with Gasteiger partial charge >= 0.3 is 0 Å². The highest BCUT2D eigenvalue weighted by atomic mass is 16.5. The summed E-state index contributed by atoms with van der Waals surface area (Å²) in [4.78, 5) is 11.0. The second-order valence-electron chi connectivity index (χ2n) is 3.92. The number of ether oxygens (including phenoxy) is 1. The molecule has 0 spiro atoms. The predicted molar refractivity (Wildman–Crippen MR) is 68.0 cm³/mol. The van der Waals surface area contributed by atoms with Crippen molar-refractivity contribution in [1.29, 1.82) is 0 Å². The zero-order chi connectivity index (χ0) is 12.7. The first-order valence-corrected chi connectivity index (χ1v) is 5.83. The lowest BCUT2D eigenvalue weighted by Gasteiger charge is -2.12. The fourth-order valence-corrected chi connectivity index (χ4v) is 1.63. The van der Waals surface area contributed by atoms with E-state index in [-0.39, 0.29) is 11.9 Å². The summed E-state index contributed by atoms with van der Waals surface area (Å²) in [5.41, 5.74) is 6.45. The van der Waals surface area contributed by atoms with E-state index in [1.165, 1.54) is 5.56 Å². The first kappa shape index (κ1) is 13.5. The van der Waals surface area contributed by atoms with E-state index in [2.05, 4.69) is 5.32 Å². The van der Waals surface area contributed by atoms with Crippen molar-refractivity contribution in [3.8, 4) is 5.75 Å². The van der Waals surface area contributed by atoms with E-state index >= 15 is 0 Å². The molecule has 94 valence electrons. The lowest BCUT2D eigenvalue weighted by Crippen LogP contribution is -2.41. The molecule has 1 aromatic carbocycles. The zero-order valence-electron chi connectivity index (χ0n) is 10.4. The molecule has 0 saturated heterocycles. The van der Waals surface area contributed by atoms with Crippen LogP contribution in [0.4, 0.5) is 0 Å². The Morgan fingerprint density at radius 1 is 1.41 bits per heavy atom. The Hall–Kier alpha value is -1.55. The molecule has 0 heterocycles. The lowest BCUT2D eigenvalue weighted by atomic mass is 10.1. The fraction of sp³-hybridized carbons (Fsp3) is 0.462. The average molecular weight is 236 g/mol. The Labute approximate surface area is 102 Å². The second kappa shape index (κ2) is 6.91. The van der Waals surface area contributed by atoms with Gasteiger partial charge in [0, 0.05) is 0 Å². The lowest BCUT2D eigenvalue weighted by molar-refractivity contribution is -0.120. The number of benzene rings is 1. The Bertz CT molecular complexity index is 349. The number of carbonyl (C=O) groups excluding carboxylic acids is 1. The van der Waals surface area contributed by atoms with Gasteiger partial charge in [-0.3, -0.25) is 4.79 Å². The van der Waals surface area contributed by atoms with Crippen molar-refractivity contribution < 1.29 is 9.53 Å². The number of carbonyl (C=O) groups is 1. The first-order chi connectivity index (χ1) is 8.17. The highest BCUT2D eigenvalue weighted by Gasteiger charge is 2.10. The number of hydrogen-bond acceptors (Lipinski definition) is 3. The predicted octanol–water partition coefficient (Wildman–Crippen LogP) is 1.09. The molecule has 0 fully saturated rings. The van der Waals surface area contributed by atoms with Gasteiger partial charge in [0.25, 0.3) is 0 Å². The van der Waals surface area contributed by atoms with Gasteiger partial charge in [-0.2, -0.15) is 0 Å².